The van der Waals surface area contributed by atoms with Gasteiger partial charge in [0.25, 0.3) is 5.91 Å². The highest BCUT2D eigenvalue weighted by Gasteiger charge is 2.29. The lowest BCUT2D eigenvalue weighted by Gasteiger charge is -2.25. The maximum atomic E-state index is 12.9. The lowest BCUT2D eigenvalue weighted by molar-refractivity contribution is 0.0731. The van der Waals surface area contributed by atoms with E-state index in [0.29, 0.717) is 11.6 Å². The van der Waals surface area contributed by atoms with Crippen LogP contribution < -0.4 is 0 Å². The first kappa shape index (κ1) is 14.9. The number of H-pyrrole nitrogens is 1. The van der Waals surface area contributed by atoms with Crippen LogP contribution in [0.5, 0.6) is 0 Å². The lowest BCUT2D eigenvalue weighted by Crippen LogP contribution is -2.35. The molecule has 1 saturated heterocycles. The average molecular weight is 320 g/mol. The van der Waals surface area contributed by atoms with Crippen LogP contribution in [0.2, 0.25) is 0 Å². The molecule has 2 heterocycles. The summed E-state index contributed by atoms with van der Waals surface area (Å²) in [5.41, 5.74) is 3.55. The number of hydrogen-bond acceptors (Lipinski definition) is 3. The third-order valence-corrected chi connectivity index (χ3v) is 4.81. The molecule has 1 aliphatic heterocycles. The number of hydrogen-bond donors (Lipinski definition) is 1. The zero-order valence-corrected chi connectivity index (χ0v) is 13.5. The molecule has 24 heavy (non-hydrogen) atoms. The Bertz CT molecular complexity index is 843. The van der Waals surface area contributed by atoms with E-state index in [9.17, 15) is 4.79 Å². The van der Waals surface area contributed by atoms with E-state index in [-0.39, 0.29) is 5.91 Å². The van der Waals surface area contributed by atoms with Gasteiger partial charge in [-0.3, -0.25) is 4.79 Å². The molecule has 0 spiro atoms. The zero-order chi connectivity index (χ0) is 16.4. The van der Waals surface area contributed by atoms with E-state index in [1.165, 1.54) is 5.56 Å². The number of benzene rings is 2. The molecule has 0 unspecified atom stereocenters. The van der Waals surface area contributed by atoms with Crippen molar-refractivity contribution in [2.45, 2.75) is 31.7 Å². The summed E-state index contributed by atoms with van der Waals surface area (Å²) in [5.74, 6) is 0.107. The van der Waals surface area contributed by atoms with Gasteiger partial charge in [0.15, 0.2) is 0 Å². The van der Waals surface area contributed by atoms with Crippen molar-refractivity contribution < 1.29 is 4.79 Å². The summed E-state index contributed by atoms with van der Waals surface area (Å²) in [6.07, 6.45) is 4.20. The number of carbonyl (C=O) groups is 1. The van der Waals surface area contributed by atoms with Gasteiger partial charge in [-0.15, -0.1) is 0 Å². The number of amides is 1. The van der Waals surface area contributed by atoms with Gasteiger partial charge >= 0.3 is 0 Å². The molecule has 0 radical (unpaired) electrons. The number of carbonyl (C=O) groups excluding carboxylic acids is 1. The minimum atomic E-state index is 0.107. The highest BCUT2D eigenvalue weighted by atomic mass is 16.2. The van der Waals surface area contributed by atoms with Crippen molar-refractivity contribution in [1.29, 1.82) is 0 Å². The summed E-state index contributed by atoms with van der Waals surface area (Å²) in [6, 6.07) is 16.3. The molecule has 1 atom stereocenters. The number of rotatable bonds is 4. The molecule has 1 fully saturated rings. The fraction of sp³-hybridized carbons (Fsp3) is 0.316. The largest absolute Gasteiger partial charge is 0.336 e. The predicted octanol–water partition coefficient (Wildman–Crippen LogP) is 3.20. The molecule has 5 heteroatoms. The minimum absolute atomic E-state index is 0.107. The third-order valence-electron chi connectivity index (χ3n) is 4.81. The molecular formula is C19H20N4O. The summed E-state index contributed by atoms with van der Waals surface area (Å²) >= 11 is 0. The molecular weight excluding hydrogens is 300 g/mol. The maximum absolute atomic E-state index is 12.9. The second-order valence-electron chi connectivity index (χ2n) is 6.35. The molecule has 2 aromatic carbocycles. The number of aromatic nitrogens is 3. The van der Waals surface area contributed by atoms with Crippen LogP contribution in [0.15, 0.2) is 48.5 Å². The van der Waals surface area contributed by atoms with Gasteiger partial charge in [-0.2, -0.15) is 15.4 Å². The standard InChI is InChI=1S/C19H20N4O/c24-19(15-9-11-17-18(13-15)21-22-20-17)23-12-4-7-16(23)10-8-14-5-2-1-3-6-14/h1-3,5-6,9,11,13,16H,4,7-8,10,12H2,(H,20,21,22)/t16-/m1/s1. The molecule has 0 bridgehead atoms. The monoisotopic (exact) mass is 320 g/mol. The minimum Gasteiger partial charge on any atom is -0.336 e. The number of likely N-dealkylation sites (tertiary alicyclic amines) is 1. The molecule has 3 aromatic rings. The summed E-state index contributed by atoms with van der Waals surface area (Å²) in [5, 5.41) is 10.7. The van der Waals surface area contributed by atoms with E-state index in [0.717, 1.165) is 43.3 Å². The Morgan fingerprint density at radius 2 is 1.96 bits per heavy atom. The van der Waals surface area contributed by atoms with Crippen molar-refractivity contribution in [3.05, 3.63) is 59.7 Å². The van der Waals surface area contributed by atoms with Crippen molar-refractivity contribution in [1.82, 2.24) is 20.3 Å². The summed E-state index contributed by atoms with van der Waals surface area (Å²) in [4.78, 5) is 14.9. The van der Waals surface area contributed by atoms with E-state index in [2.05, 4.69) is 39.7 Å². The zero-order valence-electron chi connectivity index (χ0n) is 13.5. The SMILES string of the molecule is O=C(c1ccc2n[nH]nc2c1)N1CCC[C@@H]1CCc1ccccc1. The highest BCUT2D eigenvalue weighted by Crippen LogP contribution is 2.24. The Labute approximate surface area is 140 Å². The Balaban J connectivity index is 1.48. The molecule has 0 aliphatic carbocycles. The lowest BCUT2D eigenvalue weighted by atomic mass is 10.0. The number of fused-ring (bicyclic) bond motifs is 1. The van der Waals surface area contributed by atoms with E-state index < -0.39 is 0 Å². The first-order chi connectivity index (χ1) is 11.8. The van der Waals surface area contributed by atoms with E-state index in [4.69, 9.17) is 0 Å². The molecule has 1 aliphatic rings. The van der Waals surface area contributed by atoms with Crippen molar-refractivity contribution >= 4 is 16.9 Å². The van der Waals surface area contributed by atoms with Crippen LogP contribution in [0.25, 0.3) is 11.0 Å². The van der Waals surface area contributed by atoms with E-state index in [1.54, 1.807) is 0 Å². The molecule has 4 rings (SSSR count). The van der Waals surface area contributed by atoms with E-state index in [1.807, 2.05) is 29.2 Å². The predicted molar refractivity (Wildman–Crippen MR) is 92.7 cm³/mol. The molecule has 5 nitrogen and oxygen atoms in total. The van der Waals surface area contributed by atoms with Crippen LogP contribution in [0, 0.1) is 0 Å². The van der Waals surface area contributed by atoms with Gasteiger partial charge < -0.3 is 4.90 Å². The van der Waals surface area contributed by atoms with Crippen LogP contribution in [-0.4, -0.2) is 38.8 Å². The van der Waals surface area contributed by atoms with Crippen LogP contribution in [0.4, 0.5) is 0 Å². The van der Waals surface area contributed by atoms with Gasteiger partial charge in [0, 0.05) is 18.2 Å². The number of nitrogens with zero attached hydrogens (tertiary/aromatic N) is 3. The highest BCUT2D eigenvalue weighted by molar-refractivity contribution is 5.97. The van der Waals surface area contributed by atoms with Crippen molar-refractivity contribution in [2.75, 3.05) is 6.54 Å². The van der Waals surface area contributed by atoms with Gasteiger partial charge in [0.1, 0.15) is 11.0 Å². The van der Waals surface area contributed by atoms with Gasteiger partial charge in [0.2, 0.25) is 0 Å². The first-order valence-corrected chi connectivity index (χ1v) is 8.47. The van der Waals surface area contributed by atoms with Crippen molar-refractivity contribution in [3.8, 4) is 0 Å². The number of nitrogens with one attached hydrogen (secondary N) is 1. The smallest absolute Gasteiger partial charge is 0.254 e. The van der Waals surface area contributed by atoms with Crippen LogP contribution >= 0.6 is 0 Å². The fourth-order valence-electron chi connectivity index (χ4n) is 3.52. The molecule has 0 saturated carbocycles. The fourth-order valence-corrected chi connectivity index (χ4v) is 3.52. The summed E-state index contributed by atoms with van der Waals surface area (Å²) < 4.78 is 0. The van der Waals surface area contributed by atoms with Crippen LogP contribution in [0.1, 0.15) is 35.2 Å². The molecule has 1 amide bonds. The second-order valence-corrected chi connectivity index (χ2v) is 6.35. The Hall–Kier alpha value is -2.69. The molecule has 1 aromatic heterocycles. The quantitative estimate of drug-likeness (QED) is 0.803. The number of aromatic amines is 1. The van der Waals surface area contributed by atoms with Crippen LogP contribution in [-0.2, 0) is 6.42 Å². The first-order valence-electron chi connectivity index (χ1n) is 8.47. The summed E-state index contributed by atoms with van der Waals surface area (Å²) in [6.45, 7) is 0.842. The number of aryl methyl sites for hydroxylation is 1. The average Bonchev–Trinajstić information content (AvgIpc) is 3.28. The topological polar surface area (TPSA) is 61.9 Å². The maximum Gasteiger partial charge on any atom is 0.254 e. The van der Waals surface area contributed by atoms with E-state index >= 15 is 0 Å². The molecule has 122 valence electrons. The third kappa shape index (κ3) is 2.89. The van der Waals surface area contributed by atoms with Gasteiger partial charge in [0.05, 0.1) is 0 Å². The van der Waals surface area contributed by atoms with Crippen LogP contribution in [0.3, 0.4) is 0 Å². The van der Waals surface area contributed by atoms with Gasteiger partial charge in [-0.05, 0) is 49.4 Å². The van der Waals surface area contributed by atoms with Gasteiger partial charge in [-0.25, -0.2) is 0 Å². The van der Waals surface area contributed by atoms with Gasteiger partial charge in [-0.1, -0.05) is 30.3 Å². The summed E-state index contributed by atoms with van der Waals surface area (Å²) in [7, 11) is 0. The van der Waals surface area contributed by atoms with Crippen molar-refractivity contribution in [2.24, 2.45) is 0 Å². The Morgan fingerprint density at radius 1 is 1.12 bits per heavy atom. The second kappa shape index (κ2) is 6.43. The Morgan fingerprint density at radius 3 is 2.83 bits per heavy atom. The Kier molecular flexibility index (Phi) is 3.99. The van der Waals surface area contributed by atoms with Crippen molar-refractivity contribution in [3.63, 3.8) is 0 Å². The molecule has 1 N–H and O–H groups in total. The normalized spacial score (nSPS) is 17.5.